The predicted octanol–water partition coefficient (Wildman–Crippen LogP) is 4.55. The van der Waals surface area contributed by atoms with E-state index >= 15 is 4.39 Å². The van der Waals surface area contributed by atoms with Gasteiger partial charge in [-0.3, -0.25) is 9.78 Å². The summed E-state index contributed by atoms with van der Waals surface area (Å²) in [5.74, 6) is -1.04. The van der Waals surface area contributed by atoms with Crippen LogP contribution in [0.5, 0.6) is 0 Å². The normalized spacial score (nSPS) is 25.0. The van der Waals surface area contributed by atoms with Crippen molar-refractivity contribution in [3.8, 4) is 0 Å². The van der Waals surface area contributed by atoms with Gasteiger partial charge < -0.3 is 5.11 Å². The first-order chi connectivity index (χ1) is 12.1. The smallest absolute Gasteiger partial charge is 0.195 e. The average molecular weight is 380 g/mol. The van der Waals surface area contributed by atoms with Crippen molar-refractivity contribution in [3.63, 3.8) is 0 Å². The molecule has 1 aliphatic rings. The number of benzene rings is 1. The van der Waals surface area contributed by atoms with Gasteiger partial charge in [-0.15, -0.1) is 0 Å². The molecule has 0 saturated heterocycles. The third-order valence-corrected chi connectivity index (χ3v) is 5.35. The van der Waals surface area contributed by atoms with Crippen LogP contribution in [-0.4, -0.2) is 15.9 Å². The molecule has 3 rings (SSSR count). The van der Waals surface area contributed by atoms with E-state index in [1.165, 1.54) is 18.2 Å². The van der Waals surface area contributed by atoms with Crippen LogP contribution >= 0.6 is 11.6 Å². The summed E-state index contributed by atoms with van der Waals surface area (Å²) >= 11 is 5.98. The second kappa shape index (κ2) is 6.71. The van der Waals surface area contributed by atoms with Crippen molar-refractivity contribution in [3.05, 3.63) is 63.7 Å². The fourth-order valence-electron chi connectivity index (χ4n) is 3.43. The molecule has 2 aromatic rings. The first-order valence-corrected chi connectivity index (χ1v) is 8.87. The van der Waals surface area contributed by atoms with Gasteiger partial charge in [0, 0.05) is 23.2 Å². The Balaban J connectivity index is 1.88. The van der Waals surface area contributed by atoms with E-state index in [9.17, 15) is 14.3 Å². The fraction of sp³-hybridized carbons (Fsp3) is 0.400. The quantitative estimate of drug-likeness (QED) is 0.847. The van der Waals surface area contributed by atoms with E-state index in [1.807, 2.05) is 0 Å². The lowest BCUT2D eigenvalue weighted by atomic mass is 9.72. The van der Waals surface area contributed by atoms with Gasteiger partial charge in [0.05, 0.1) is 5.69 Å². The second-order valence-electron chi connectivity index (χ2n) is 7.14. The number of nitrogens with zero attached hydrogens (tertiary/aromatic N) is 1. The van der Waals surface area contributed by atoms with E-state index in [1.54, 1.807) is 26.1 Å². The lowest BCUT2D eigenvalue weighted by molar-refractivity contribution is -0.134. The summed E-state index contributed by atoms with van der Waals surface area (Å²) in [7, 11) is 0. The van der Waals surface area contributed by atoms with Gasteiger partial charge in [0.15, 0.2) is 11.5 Å². The highest BCUT2D eigenvalue weighted by molar-refractivity contribution is 6.31. The number of rotatable bonds is 4. The minimum absolute atomic E-state index is 0.0720. The second-order valence-corrected chi connectivity index (χ2v) is 7.55. The Morgan fingerprint density at radius 2 is 2.08 bits per heavy atom. The molecule has 6 heteroatoms. The molecule has 0 amide bonds. The van der Waals surface area contributed by atoms with Crippen molar-refractivity contribution in [1.29, 1.82) is 0 Å². The molecule has 0 saturated carbocycles. The first kappa shape index (κ1) is 18.9. The van der Waals surface area contributed by atoms with Crippen LogP contribution in [0.3, 0.4) is 0 Å². The van der Waals surface area contributed by atoms with Gasteiger partial charge in [0.1, 0.15) is 11.4 Å². The number of pyridine rings is 1. The first-order valence-electron chi connectivity index (χ1n) is 8.49. The molecule has 0 aliphatic heterocycles. The number of carbonyl (C=O) groups excluding carboxylic acids is 1. The maximum Gasteiger partial charge on any atom is 0.195 e. The Morgan fingerprint density at radius 3 is 2.77 bits per heavy atom. The van der Waals surface area contributed by atoms with Crippen molar-refractivity contribution in [2.75, 3.05) is 0 Å². The minimum atomic E-state index is -2.19. The number of hydrogen-bond acceptors (Lipinski definition) is 3. The van der Waals surface area contributed by atoms with Crippen LogP contribution in [0.1, 0.15) is 48.6 Å². The maximum absolute atomic E-state index is 15.8. The van der Waals surface area contributed by atoms with E-state index in [0.717, 1.165) is 5.56 Å². The van der Waals surface area contributed by atoms with Crippen LogP contribution in [0.4, 0.5) is 8.78 Å². The Bertz CT molecular complexity index is 869. The number of carbonyl (C=O) groups is 1. The summed E-state index contributed by atoms with van der Waals surface area (Å²) < 4.78 is 28.9. The van der Waals surface area contributed by atoms with Crippen LogP contribution in [0.15, 0.2) is 30.5 Å². The highest BCUT2D eigenvalue weighted by Crippen LogP contribution is 2.46. The van der Waals surface area contributed by atoms with Crippen molar-refractivity contribution in [1.82, 2.24) is 4.98 Å². The fourth-order valence-corrected chi connectivity index (χ4v) is 3.69. The van der Waals surface area contributed by atoms with E-state index < -0.39 is 22.9 Å². The number of alkyl halides is 1. The minimum Gasteiger partial charge on any atom is -0.384 e. The molecule has 1 heterocycles. The lowest BCUT2D eigenvalue weighted by Crippen LogP contribution is -2.42. The van der Waals surface area contributed by atoms with Crippen molar-refractivity contribution in [2.45, 2.75) is 50.8 Å². The van der Waals surface area contributed by atoms with Gasteiger partial charge in [0.25, 0.3) is 0 Å². The van der Waals surface area contributed by atoms with Crippen molar-refractivity contribution < 1.29 is 18.7 Å². The molecule has 0 radical (unpaired) electrons. The van der Waals surface area contributed by atoms with Crippen LogP contribution in [0.25, 0.3) is 0 Å². The van der Waals surface area contributed by atoms with Crippen LogP contribution in [-0.2, 0) is 22.5 Å². The van der Waals surface area contributed by atoms with Crippen molar-refractivity contribution in [2.24, 2.45) is 0 Å². The van der Waals surface area contributed by atoms with E-state index in [2.05, 4.69) is 4.98 Å². The topological polar surface area (TPSA) is 50.2 Å². The molecule has 1 aromatic heterocycles. The van der Waals surface area contributed by atoms with Gasteiger partial charge in [-0.25, -0.2) is 8.78 Å². The van der Waals surface area contributed by atoms with E-state index in [-0.39, 0.29) is 42.0 Å². The molecule has 3 nitrogen and oxygen atoms in total. The number of aryl methyl sites for hydroxylation is 2. The zero-order chi connectivity index (χ0) is 19.1. The van der Waals surface area contributed by atoms with Crippen LogP contribution in [0, 0.1) is 12.7 Å². The Hall–Kier alpha value is -1.85. The number of Topliss-reactive ketones (excluding diaryl/α,β-unsaturated/α-hetero) is 1. The molecule has 1 aliphatic carbocycles. The lowest BCUT2D eigenvalue weighted by Gasteiger charge is -2.38. The third-order valence-electron chi connectivity index (χ3n) is 5.00. The number of fused-ring (bicyclic) bond motifs is 1. The highest BCUT2D eigenvalue weighted by Gasteiger charge is 2.49. The summed E-state index contributed by atoms with van der Waals surface area (Å²) in [6.07, 6.45) is 1.71. The molecule has 0 bridgehead atoms. The third kappa shape index (κ3) is 3.38. The predicted molar refractivity (Wildman–Crippen MR) is 95.3 cm³/mol. The SMILES string of the molecule is Cc1cnc2c(c1)[C@](F)(C(=O)CCc1ccc(F)cc1Cl)CC[C@]2(C)O. The molecule has 0 fully saturated rings. The highest BCUT2D eigenvalue weighted by atomic mass is 35.5. The molecule has 138 valence electrons. The van der Waals surface area contributed by atoms with Crippen LogP contribution in [0.2, 0.25) is 5.02 Å². The molecule has 2 atom stereocenters. The maximum atomic E-state index is 15.8. The van der Waals surface area contributed by atoms with Gasteiger partial charge in [0.2, 0.25) is 0 Å². The number of hydrogen-bond donors (Lipinski definition) is 1. The Morgan fingerprint density at radius 1 is 1.35 bits per heavy atom. The van der Waals surface area contributed by atoms with Crippen LogP contribution < -0.4 is 0 Å². The van der Waals surface area contributed by atoms with Gasteiger partial charge in [-0.1, -0.05) is 17.7 Å². The Kier molecular flexibility index (Phi) is 4.88. The molecule has 26 heavy (non-hydrogen) atoms. The zero-order valence-electron chi connectivity index (χ0n) is 14.7. The largest absolute Gasteiger partial charge is 0.384 e. The molecule has 0 spiro atoms. The summed E-state index contributed by atoms with van der Waals surface area (Å²) in [4.78, 5) is 16.9. The molecular formula is C20H20ClF2NO2. The van der Waals surface area contributed by atoms with Gasteiger partial charge in [-0.2, -0.15) is 0 Å². The van der Waals surface area contributed by atoms with Gasteiger partial charge >= 0.3 is 0 Å². The number of ketones is 1. The monoisotopic (exact) mass is 379 g/mol. The number of halogens is 3. The standard InChI is InChI=1S/C20H20ClF2NO2/c1-12-9-15-18(24-11-12)19(2,26)7-8-20(15,23)17(25)6-4-13-3-5-14(22)10-16(13)21/h3,5,9-11,26H,4,6-8H2,1-2H3/t19-,20-/m0/s1. The molecule has 1 aromatic carbocycles. The van der Waals surface area contributed by atoms with E-state index in [4.69, 9.17) is 11.6 Å². The summed E-state index contributed by atoms with van der Waals surface area (Å²) in [5, 5.41) is 10.7. The average Bonchev–Trinajstić information content (AvgIpc) is 2.57. The van der Waals surface area contributed by atoms with Crippen molar-refractivity contribution >= 4 is 17.4 Å². The molecular weight excluding hydrogens is 360 g/mol. The molecule has 0 unspecified atom stereocenters. The summed E-state index contributed by atoms with van der Waals surface area (Å²) in [6, 6.07) is 5.52. The summed E-state index contributed by atoms with van der Waals surface area (Å²) in [6.45, 7) is 3.34. The zero-order valence-corrected chi connectivity index (χ0v) is 15.4. The van der Waals surface area contributed by atoms with E-state index in [0.29, 0.717) is 5.56 Å². The number of aliphatic hydroxyl groups is 1. The summed E-state index contributed by atoms with van der Waals surface area (Å²) in [5.41, 5.74) is -1.79. The number of aromatic nitrogens is 1. The molecule has 1 N–H and O–H groups in total. The Labute approximate surface area is 156 Å². The van der Waals surface area contributed by atoms with Gasteiger partial charge in [-0.05, 0) is 62.4 Å².